The molecule has 0 fully saturated rings. The first-order valence-electron chi connectivity index (χ1n) is 13.9. The highest BCUT2D eigenvalue weighted by Gasteiger charge is 2.32. The first-order chi connectivity index (χ1) is 19.7. The number of hydrogen-bond donors (Lipinski definition) is 3. The molecule has 0 radical (unpaired) electrons. The molecule has 2 aromatic carbocycles. The van der Waals surface area contributed by atoms with Crippen molar-refractivity contribution in [3.05, 3.63) is 71.0 Å². The van der Waals surface area contributed by atoms with E-state index in [1.54, 1.807) is 48.3 Å². The number of benzene rings is 2. The van der Waals surface area contributed by atoms with Gasteiger partial charge in [-0.1, -0.05) is 49.6 Å². The maximum absolute atomic E-state index is 13.4. The second-order valence-electron chi connectivity index (χ2n) is 10.5. The molecule has 9 heteroatoms. The average Bonchev–Trinajstić information content (AvgIpc) is 2.94. The van der Waals surface area contributed by atoms with Crippen LogP contribution in [-0.2, 0) is 9.53 Å². The van der Waals surface area contributed by atoms with E-state index in [1.165, 1.54) is 18.6 Å². The van der Waals surface area contributed by atoms with Crippen LogP contribution in [0.25, 0.3) is 0 Å². The van der Waals surface area contributed by atoms with Crippen LogP contribution in [0.2, 0.25) is 0 Å². The van der Waals surface area contributed by atoms with Crippen molar-refractivity contribution in [3.8, 4) is 11.8 Å². The molecular weight excluding hydrogens is 544 g/mol. The number of ether oxygens (including phenoxy) is 1. The van der Waals surface area contributed by atoms with Gasteiger partial charge in [0.05, 0.1) is 18.3 Å². The molecule has 2 amide bonds. The van der Waals surface area contributed by atoms with Crippen molar-refractivity contribution in [1.29, 1.82) is 0 Å². The van der Waals surface area contributed by atoms with Gasteiger partial charge >= 0.3 is 0 Å². The second-order valence-corrected chi connectivity index (χ2v) is 11.5. The monoisotopic (exact) mass is 589 g/mol. The fraction of sp³-hybridized carbons (Fsp3) is 0.500. The number of amides is 2. The molecule has 3 N–H and O–H groups in total. The Morgan fingerprint density at radius 1 is 1.02 bits per heavy atom. The third-order valence-electron chi connectivity index (χ3n) is 6.01. The maximum Gasteiger partial charge on any atom is 0.251 e. The quantitative estimate of drug-likeness (QED) is 0.0962. The van der Waals surface area contributed by atoms with E-state index in [0.29, 0.717) is 57.3 Å². The summed E-state index contributed by atoms with van der Waals surface area (Å²) in [7, 11) is 0.500. The highest BCUT2D eigenvalue weighted by Crippen LogP contribution is 2.20. The lowest BCUT2D eigenvalue weighted by atomic mass is 9.90. The molecule has 226 valence electrons. The summed E-state index contributed by atoms with van der Waals surface area (Å²) in [6.07, 6.45) is 5.27. The Morgan fingerprint density at radius 3 is 2.37 bits per heavy atom. The number of halogens is 2. The van der Waals surface area contributed by atoms with Crippen molar-refractivity contribution in [2.24, 2.45) is 0 Å². The minimum atomic E-state index is -0.633. The van der Waals surface area contributed by atoms with E-state index < -0.39 is 5.54 Å². The Hall–Kier alpha value is -2.93. The number of alkyl halides is 1. The van der Waals surface area contributed by atoms with E-state index >= 15 is 0 Å². The van der Waals surface area contributed by atoms with Gasteiger partial charge < -0.3 is 15.4 Å². The number of unbranched alkanes of at least 4 members (excludes halogenated alkanes) is 2. The van der Waals surface area contributed by atoms with Crippen molar-refractivity contribution in [2.75, 3.05) is 32.6 Å². The van der Waals surface area contributed by atoms with Crippen molar-refractivity contribution in [1.82, 2.24) is 15.4 Å². The Bertz CT molecular complexity index is 1100. The number of hydrogen-bond acceptors (Lipinski definition) is 5. The molecule has 1 atom stereocenters. The van der Waals surface area contributed by atoms with Crippen LogP contribution >= 0.6 is 11.9 Å². The van der Waals surface area contributed by atoms with Crippen LogP contribution in [0.5, 0.6) is 0 Å². The lowest BCUT2D eigenvalue weighted by Gasteiger charge is -2.36. The van der Waals surface area contributed by atoms with Gasteiger partial charge in [-0.25, -0.2) is 4.39 Å². The molecule has 0 spiro atoms. The van der Waals surface area contributed by atoms with Crippen LogP contribution in [0.1, 0.15) is 81.3 Å². The number of carbonyl (C=O) groups is 2. The van der Waals surface area contributed by atoms with E-state index in [4.69, 9.17) is 4.74 Å². The summed E-state index contributed by atoms with van der Waals surface area (Å²) in [6, 6.07) is 13.2. The lowest BCUT2D eigenvalue weighted by Crippen LogP contribution is -2.56. The largest absolute Gasteiger partial charge is 0.376 e. The van der Waals surface area contributed by atoms with Gasteiger partial charge in [-0.3, -0.25) is 18.7 Å². The summed E-state index contributed by atoms with van der Waals surface area (Å²) in [6.45, 7) is 9.60. The molecule has 0 bridgehead atoms. The smallest absolute Gasteiger partial charge is 0.251 e. The zero-order valence-electron chi connectivity index (χ0n) is 24.9. The molecule has 0 aliphatic heterocycles. The maximum atomic E-state index is 13.4. The zero-order chi connectivity index (χ0) is 30.6. The fourth-order valence-corrected chi connectivity index (χ4v) is 4.68. The summed E-state index contributed by atoms with van der Waals surface area (Å²) >= 11 is 1.66. The molecule has 0 aliphatic carbocycles. The first-order valence-corrected chi connectivity index (χ1v) is 14.9. The van der Waals surface area contributed by atoms with Gasteiger partial charge in [0.1, 0.15) is 5.82 Å². The van der Waals surface area contributed by atoms with Gasteiger partial charge in [-0.2, -0.15) is 0 Å². The van der Waals surface area contributed by atoms with Gasteiger partial charge in [-0.05, 0) is 82.5 Å². The highest BCUT2D eigenvalue weighted by atomic mass is 32.2. The number of rotatable bonds is 16. The van der Waals surface area contributed by atoms with E-state index in [9.17, 15) is 18.4 Å². The predicted molar refractivity (Wildman–Crippen MR) is 165 cm³/mol. The molecule has 0 saturated carbocycles. The van der Waals surface area contributed by atoms with Gasteiger partial charge in [-0.15, -0.1) is 0 Å². The molecule has 2 rings (SSSR count). The van der Waals surface area contributed by atoms with Gasteiger partial charge in [0.2, 0.25) is 6.41 Å². The average molecular weight is 590 g/mol. The summed E-state index contributed by atoms with van der Waals surface area (Å²) in [5.41, 5.74) is 0.878. The molecule has 0 saturated heterocycles. The van der Waals surface area contributed by atoms with Gasteiger partial charge in [0.15, 0.2) is 0 Å². The van der Waals surface area contributed by atoms with Gasteiger partial charge in [0, 0.05) is 42.1 Å². The van der Waals surface area contributed by atoms with E-state index in [0.717, 1.165) is 24.2 Å². The Labute approximate surface area is 248 Å². The topological polar surface area (TPSA) is 79.5 Å². The Balaban J connectivity index is 0.00000411. The minimum Gasteiger partial charge on any atom is -0.376 e. The summed E-state index contributed by atoms with van der Waals surface area (Å²) in [4.78, 5) is 24.4. The number of carbonyl (C=O) groups excluding carboxylic acids is 2. The Morgan fingerprint density at radius 2 is 1.73 bits per heavy atom. The van der Waals surface area contributed by atoms with Crippen LogP contribution < -0.4 is 15.4 Å². The van der Waals surface area contributed by atoms with Crippen LogP contribution in [0.3, 0.4) is 0 Å². The lowest BCUT2D eigenvalue weighted by molar-refractivity contribution is -0.109. The molecule has 0 heterocycles. The summed E-state index contributed by atoms with van der Waals surface area (Å²) < 4.78 is 32.4. The Kier molecular flexibility index (Phi) is 17.6. The third-order valence-corrected chi connectivity index (χ3v) is 6.85. The third kappa shape index (κ3) is 15.6. The molecule has 0 aliphatic rings. The molecule has 41 heavy (non-hydrogen) atoms. The highest BCUT2D eigenvalue weighted by molar-refractivity contribution is 7.97. The van der Waals surface area contributed by atoms with Crippen LogP contribution in [0.4, 0.5) is 8.78 Å². The standard InChI is InChI=1S/C31H42FN3O3S.CH3F/c1-5-6-7-21-39-34-23-31(17-19-33-24-36,18-20-38-30(2,3)4)35-29(37)27-15-13-25(14-16-27)11-12-26-9-8-10-28(32)22-26;1-2/h8-10,13-16,22,24,34H,5-7,17-21,23H2,1-4H3,(H,33,36)(H,35,37);1H3. The number of nitrogens with one attached hydrogen (secondary N) is 3. The molecule has 2 aromatic rings. The van der Waals surface area contributed by atoms with Crippen molar-refractivity contribution >= 4 is 24.3 Å². The van der Waals surface area contributed by atoms with Gasteiger partial charge in [0.25, 0.3) is 5.91 Å². The molecule has 0 aromatic heterocycles. The normalized spacial score (nSPS) is 12.2. The van der Waals surface area contributed by atoms with Crippen LogP contribution in [0, 0.1) is 17.7 Å². The van der Waals surface area contributed by atoms with Crippen molar-refractivity contribution < 1.29 is 23.1 Å². The van der Waals surface area contributed by atoms with E-state index in [2.05, 4.69) is 34.1 Å². The molecule has 6 nitrogen and oxygen atoms in total. The van der Waals surface area contributed by atoms with Crippen LogP contribution in [-0.4, -0.2) is 56.1 Å². The SMILES string of the molecule is CCCCCSNCC(CCNC=O)(CCOC(C)(C)C)NC(=O)c1ccc(C#Cc2cccc(F)c2)cc1.CF. The first kappa shape index (κ1) is 36.1. The minimum absolute atomic E-state index is 0.209. The molecular formula is C32H45F2N3O3S. The summed E-state index contributed by atoms with van der Waals surface area (Å²) in [5.74, 6) is 6.40. The van der Waals surface area contributed by atoms with Crippen LogP contribution in [0.15, 0.2) is 48.5 Å². The van der Waals surface area contributed by atoms with Crippen molar-refractivity contribution in [2.45, 2.75) is 70.9 Å². The zero-order valence-corrected chi connectivity index (χ0v) is 25.8. The summed E-state index contributed by atoms with van der Waals surface area (Å²) in [5, 5.41) is 5.98. The van der Waals surface area contributed by atoms with E-state index in [-0.39, 0.29) is 17.3 Å². The second kappa shape index (κ2) is 20.0. The predicted octanol–water partition coefficient (Wildman–Crippen LogP) is 6.05. The fourth-order valence-electron chi connectivity index (χ4n) is 3.81. The van der Waals surface area contributed by atoms with E-state index in [1.807, 2.05) is 20.8 Å². The molecule has 1 unspecified atom stereocenters. The van der Waals surface area contributed by atoms with Crippen molar-refractivity contribution in [3.63, 3.8) is 0 Å².